The molecule has 5 rings (SSSR count). The van der Waals surface area contributed by atoms with Crippen LogP contribution in [0.4, 0.5) is 9.59 Å². The van der Waals surface area contributed by atoms with Crippen LogP contribution >= 0.6 is 15.9 Å². The molecular weight excluding hydrogens is 566 g/mol. The number of imide groups is 1. The Hall–Kier alpha value is -3.40. The third-order valence-corrected chi connectivity index (χ3v) is 7.69. The quantitative estimate of drug-likeness (QED) is 0.364. The number of amides is 3. The predicted octanol–water partition coefficient (Wildman–Crippen LogP) is 5.60. The van der Waals surface area contributed by atoms with E-state index in [9.17, 15) is 14.4 Å². The Kier molecular flexibility index (Phi) is 7.66. The molecular formula is C29H32BrN3O6. The van der Waals surface area contributed by atoms with Gasteiger partial charge in [0.2, 0.25) is 5.91 Å². The van der Waals surface area contributed by atoms with Crippen LogP contribution in [0.25, 0.3) is 11.0 Å². The zero-order chi connectivity index (χ0) is 27.7. The van der Waals surface area contributed by atoms with Crippen molar-refractivity contribution in [1.82, 2.24) is 15.0 Å². The van der Waals surface area contributed by atoms with E-state index < -0.39 is 29.7 Å². The monoisotopic (exact) mass is 597 g/mol. The Bertz CT molecular complexity index is 1370. The standard InChI is InChI=1S/C29H32BrN3O6/c1-29(2,3)38-27(35)32-12-11-19(16-32)23(15-24-22-10-9-20(30)14-25(22)39-31-24)26(34)33-21(17-37-28(33)36)13-18-7-5-4-6-8-18/h4-10,14,19,21,23H,11-13,15-17H2,1-3H3/t19-,21-,23-/m0/s1. The van der Waals surface area contributed by atoms with Crippen LogP contribution in [0.1, 0.15) is 38.4 Å². The van der Waals surface area contributed by atoms with Crippen LogP contribution in [0.3, 0.4) is 0 Å². The van der Waals surface area contributed by atoms with Gasteiger partial charge in [-0.25, -0.2) is 14.5 Å². The van der Waals surface area contributed by atoms with Gasteiger partial charge in [0.05, 0.1) is 11.7 Å². The van der Waals surface area contributed by atoms with Crippen molar-refractivity contribution in [3.63, 3.8) is 0 Å². The Morgan fingerprint density at radius 3 is 2.69 bits per heavy atom. The van der Waals surface area contributed by atoms with E-state index in [-0.39, 0.29) is 24.9 Å². The van der Waals surface area contributed by atoms with E-state index >= 15 is 0 Å². The molecule has 2 aliphatic rings. The van der Waals surface area contributed by atoms with Crippen LogP contribution in [0.15, 0.2) is 57.5 Å². The maximum absolute atomic E-state index is 14.2. The third kappa shape index (κ3) is 6.11. The van der Waals surface area contributed by atoms with Gasteiger partial charge in [-0.1, -0.05) is 51.4 Å². The van der Waals surface area contributed by atoms with Crippen molar-refractivity contribution in [1.29, 1.82) is 0 Å². The number of carbonyl (C=O) groups is 3. The van der Waals surface area contributed by atoms with E-state index in [2.05, 4.69) is 21.1 Å². The normalized spacial score (nSPS) is 20.4. The lowest BCUT2D eigenvalue weighted by molar-refractivity contribution is -0.135. The first-order chi connectivity index (χ1) is 18.6. The van der Waals surface area contributed by atoms with Gasteiger partial charge in [0.25, 0.3) is 0 Å². The number of hydrogen-bond acceptors (Lipinski definition) is 7. The summed E-state index contributed by atoms with van der Waals surface area (Å²) >= 11 is 3.45. The summed E-state index contributed by atoms with van der Waals surface area (Å²) in [4.78, 5) is 42.8. The predicted molar refractivity (Wildman–Crippen MR) is 147 cm³/mol. The van der Waals surface area contributed by atoms with Gasteiger partial charge < -0.3 is 18.9 Å². The highest BCUT2D eigenvalue weighted by Crippen LogP contribution is 2.34. The van der Waals surface area contributed by atoms with E-state index in [0.717, 1.165) is 15.4 Å². The van der Waals surface area contributed by atoms with Gasteiger partial charge in [-0.05, 0) is 63.3 Å². The van der Waals surface area contributed by atoms with Crippen molar-refractivity contribution in [2.75, 3.05) is 19.7 Å². The molecule has 1 aromatic heterocycles. The third-order valence-electron chi connectivity index (χ3n) is 7.20. The van der Waals surface area contributed by atoms with E-state index in [0.29, 0.717) is 37.2 Å². The van der Waals surface area contributed by atoms with Gasteiger partial charge in [0.1, 0.15) is 12.2 Å². The molecule has 2 fully saturated rings. The minimum absolute atomic E-state index is 0.141. The number of benzene rings is 2. The SMILES string of the molecule is CC(C)(C)OC(=O)N1CC[C@H]([C@H](Cc2noc3cc(Br)ccc23)C(=O)N2C(=O)OC[C@@H]2Cc2ccccc2)C1. The summed E-state index contributed by atoms with van der Waals surface area (Å²) in [6, 6.07) is 14.9. The number of ether oxygens (including phenoxy) is 2. The molecule has 3 atom stereocenters. The summed E-state index contributed by atoms with van der Waals surface area (Å²) in [6.07, 6.45) is 0.323. The highest BCUT2D eigenvalue weighted by atomic mass is 79.9. The van der Waals surface area contributed by atoms with Crippen molar-refractivity contribution in [3.8, 4) is 0 Å². The fourth-order valence-corrected chi connectivity index (χ4v) is 5.67. The number of nitrogens with zero attached hydrogens (tertiary/aromatic N) is 3. The van der Waals surface area contributed by atoms with Crippen LogP contribution in [0.5, 0.6) is 0 Å². The topological polar surface area (TPSA) is 102 Å². The maximum atomic E-state index is 14.2. The molecule has 0 saturated carbocycles. The Balaban J connectivity index is 1.42. The lowest BCUT2D eigenvalue weighted by atomic mass is 9.85. The molecule has 2 saturated heterocycles. The molecule has 0 bridgehead atoms. The van der Waals surface area contributed by atoms with Gasteiger partial charge in [0, 0.05) is 35.3 Å². The average molecular weight is 598 g/mol. The maximum Gasteiger partial charge on any atom is 0.416 e. The van der Waals surface area contributed by atoms with E-state index in [1.54, 1.807) is 4.90 Å². The molecule has 39 heavy (non-hydrogen) atoms. The fourth-order valence-electron chi connectivity index (χ4n) is 5.33. The second-order valence-corrected chi connectivity index (χ2v) is 12.1. The number of halogens is 1. The largest absolute Gasteiger partial charge is 0.447 e. The molecule has 0 aliphatic carbocycles. The summed E-state index contributed by atoms with van der Waals surface area (Å²) < 4.78 is 17.3. The Morgan fingerprint density at radius 2 is 1.95 bits per heavy atom. The molecule has 0 spiro atoms. The first kappa shape index (κ1) is 27.2. The van der Waals surface area contributed by atoms with E-state index in [1.807, 2.05) is 69.3 Å². The molecule has 10 heteroatoms. The molecule has 0 unspecified atom stereocenters. The van der Waals surface area contributed by atoms with E-state index in [4.69, 9.17) is 14.0 Å². The number of rotatable bonds is 6. The molecule has 2 aliphatic heterocycles. The van der Waals surface area contributed by atoms with Gasteiger partial charge >= 0.3 is 12.2 Å². The van der Waals surface area contributed by atoms with Gasteiger partial charge in [-0.15, -0.1) is 0 Å². The van der Waals surface area contributed by atoms with Crippen LogP contribution < -0.4 is 0 Å². The number of fused-ring (bicyclic) bond motifs is 1. The summed E-state index contributed by atoms with van der Waals surface area (Å²) in [5.74, 6) is -1.13. The number of hydrogen-bond donors (Lipinski definition) is 0. The van der Waals surface area contributed by atoms with Crippen molar-refractivity contribution < 1.29 is 28.4 Å². The molecule has 0 radical (unpaired) electrons. The Labute approximate surface area is 235 Å². The van der Waals surface area contributed by atoms with Gasteiger partial charge in [-0.3, -0.25) is 4.79 Å². The summed E-state index contributed by atoms with van der Waals surface area (Å²) in [5, 5.41) is 5.09. The number of cyclic esters (lactones) is 1. The zero-order valence-electron chi connectivity index (χ0n) is 22.3. The van der Waals surface area contributed by atoms with Crippen molar-refractivity contribution in [2.45, 2.75) is 51.7 Å². The molecule has 3 heterocycles. The molecule has 3 amide bonds. The minimum atomic E-state index is -0.637. The average Bonchev–Trinajstić information content (AvgIpc) is 3.61. The lowest BCUT2D eigenvalue weighted by Gasteiger charge is -2.29. The minimum Gasteiger partial charge on any atom is -0.447 e. The van der Waals surface area contributed by atoms with Crippen LogP contribution in [0, 0.1) is 11.8 Å². The fraction of sp³-hybridized carbons (Fsp3) is 0.448. The van der Waals surface area contributed by atoms with Crippen molar-refractivity contribution in [2.24, 2.45) is 11.8 Å². The number of likely N-dealkylation sites (tertiary alicyclic amines) is 1. The molecule has 206 valence electrons. The van der Waals surface area contributed by atoms with Gasteiger partial charge in [0.15, 0.2) is 5.58 Å². The first-order valence-corrected chi connectivity index (χ1v) is 13.9. The summed E-state index contributed by atoms with van der Waals surface area (Å²) in [5.41, 5.74) is 1.64. The molecule has 0 N–H and O–H groups in total. The number of carbonyl (C=O) groups excluding carboxylic acids is 3. The summed E-state index contributed by atoms with van der Waals surface area (Å²) in [7, 11) is 0. The van der Waals surface area contributed by atoms with Crippen molar-refractivity contribution >= 4 is 45.0 Å². The van der Waals surface area contributed by atoms with Crippen LogP contribution in [-0.4, -0.2) is 64.4 Å². The molecule has 9 nitrogen and oxygen atoms in total. The lowest BCUT2D eigenvalue weighted by Crippen LogP contribution is -2.46. The van der Waals surface area contributed by atoms with Crippen LogP contribution in [-0.2, 0) is 27.1 Å². The van der Waals surface area contributed by atoms with Crippen LogP contribution in [0.2, 0.25) is 0 Å². The first-order valence-electron chi connectivity index (χ1n) is 13.1. The van der Waals surface area contributed by atoms with Gasteiger partial charge in [-0.2, -0.15) is 0 Å². The smallest absolute Gasteiger partial charge is 0.416 e. The van der Waals surface area contributed by atoms with Crippen molar-refractivity contribution in [3.05, 3.63) is 64.3 Å². The Morgan fingerprint density at radius 1 is 1.18 bits per heavy atom. The number of aromatic nitrogens is 1. The molecule has 2 aromatic carbocycles. The molecule has 3 aromatic rings. The second-order valence-electron chi connectivity index (χ2n) is 11.2. The van der Waals surface area contributed by atoms with E-state index in [1.165, 1.54) is 4.90 Å². The highest BCUT2D eigenvalue weighted by Gasteiger charge is 2.45. The highest BCUT2D eigenvalue weighted by molar-refractivity contribution is 9.10. The zero-order valence-corrected chi connectivity index (χ0v) is 23.8. The second kappa shape index (κ2) is 11.0. The summed E-state index contributed by atoms with van der Waals surface area (Å²) in [6.45, 7) is 6.43.